The molecule has 0 aliphatic rings. The second-order valence-corrected chi connectivity index (χ2v) is 5.75. The van der Waals surface area contributed by atoms with Gasteiger partial charge in [-0.3, -0.25) is 4.79 Å². The lowest BCUT2D eigenvalue weighted by Crippen LogP contribution is -2.30. The number of aromatic nitrogens is 4. The molecule has 0 spiro atoms. The maximum Gasteiger partial charge on any atom is 0.337 e. The molecule has 0 bridgehead atoms. The van der Waals surface area contributed by atoms with Gasteiger partial charge in [0.2, 0.25) is 11.7 Å². The molecule has 2 aromatic rings. The molecule has 0 atom stereocenters. The van der Waals surface area contributed by atoms with Crippen molar-refractivity contribution < 1.29 is 14.3 Å². The van der Waals surface area contributed by atoms with Crippen molar-refractivity contribution >= 4 is 11.9 Å². The normalized spacial score (nSPS) is 10.5. The van der Waals surface area contributed by atoms with Gasteiger partial charge < -0.3 is 15.8 Å². The van der Waals surface area contributed by atoms with Gasteiger partial charge in [-0.15, -0.1) is 10.2 Å². The van der Waals surface area contributed by atoms with Crippen molar-refractivity contribution in [2.45, 2.75) is 32.2 Å². The second-order valence-electron chi connectivity index (χ2n) is 5.75. The second kappa shape index (κ2) is 10.2. The zero-order valence-corrected chi connectivity index (χ0v) is 14.9. The van der Waals surface area contributed by atoms with Gasteiger partial charge in [-0.05, 0) is 30.2 Å². The van der Waals surface area contributed by atoms with Crippen LogP contribution in [0, 0.1) is 0 Å². The fourth-order valence-electron chi connectivity index (χ4n) is 2.36. The summed E-state index contributed by atoms with van der Waals surface area (Å²) in [5.74, 6) is 0.0191. The first-order chi connectivity index (χ1) is 12.6. The number of rotatable bonds is 10. The SMILES string of the molecule is COC(=O)c1ccc(-c2nnn(CCCCCCNC(=O)CN)n2)cc1. The summed E-state index contributed by atoms with van der Waals surface area (Å²) in [4.78, 5) is 24.0. The van der Waals surface area contributed by atoms with Crippen molar-refractivity contribution in [1.82, 2.24) is 25.5 Å². The Bertz CT molecular complexity index is 714. The molecular formula is C17H24N6O3. The van der Waals surface area contributed by atoms with Crippen LogP contribution in [0.25, 0.3) is 11.4 Å². The molecule has 0 aliphatic heterocycles. The Morgan fingerprint density at radius 1 is 1.15 bits per heavy atom. The van der Waals surface area contributed by atoms with Gasteiger partial charge in [-0.1, -0.05) is 25.0 Å². The number of aryl methyl sites for hydroxylation is 1. The number of carbonyl (C=O) groups excluding carboxylic acids is 2. The fraction of sp³-hybridized carbons (Fsp3) is 0.471. The summed E-state index contributed by atoms with van der Waals surface area (Å²) >= 11 is 0. The van der Waals surface area contributed by atoms with Crippen molar-refractivity contribution in [2.24, 2.45) is 5.73 Å². The molecule has 1 aromatic heterocycles. The Balaban J connectivity index is 1.72. The van der Waals surface area contributed by atoms with Crippen LogP contribution in [0.4, 0.5) is 0 Å². The van der Waals surface area contributed by atoms with E-state index in [0.717, 1.165) is 31.2 Å². The lowest BCUT2D eigenvalue weighted by molar-refractivity contribution is -0.119. The molecule has 0 saturated heterocycles. The molecule has 3 N–H and O–H groups in total. The first kappa shape index (κ1) is 19.5. The number of nitrogens with one attached hydrogen (secondary N) is 1. The van der Waals surface area contributed by atoms with Crippen molar-refractivity contribution in [3.05, 3.63) is 29.8 Å². The van der Waals surface area contributed by atoms with Gasteiger partial charge in [0.05, 0.1) is 25.8 Å². The highest BCUT2D eigenvalue weighted by atomic mass is 16.5. The van der Waals surface area contributed by atoms with Gasteiger partial charge >= 0.3 is 5.97 Å². The lowest BCUT2D eigenvalue weighted by Gasteiger charge is -2.03. The predicted molar refractivity (Wildman–Crippen MR) is 95.1 cm³/mol. The molecule has 26 heavy (non-hydrogen) atoms. The Kier molecular flexibility index (Phi) is 7.69. The summed E-state index contributed by atoms with van der Waals surface area (Å²) in [5.41, 5.74) is 6.48. The highest BCUT2D eigenvalue weighted by molar-refractivity contribution is 5.89. The summed E-state index contributed by atoms with van der Waals surface area (Å²) < 4.78 is 4.67. The first-order valence-corrected chi connectivity index (χ1v) is 8.57. The van der Waals surface area contributed by atoms with Crippen LogP contribution in [0.2, 0.25) is 0 Å². The number of esters is 1. The molecule has 9 nitrogen and oxygen atoms in total. The number of ether oxygens (including phenoxy) is 1. The average Bonchev–Trinajstić information content (AvgIpc) is 3.15. The van der Waals surface area contributed by atoms with E-state index in [4.69, 9.17) is 5.73 Å². The number of unbranched alkanes of at least 4 members (excludes halogenated alkanes) is 3. The van der Waals surface area contributed by atoms with Gasteiger partial charge in [0.1, 0.15) is 0 Å². The van der Waals surface area contributed by atoms with E-state index < -0.39 is 0 Å². The molecule has 0 fully saturated rings. The maximum atomic E-state index is 11.4. The topological polar surface area (TPSA) is 125 Å². The average molecular weight is 360 g/mol. The Morgan fingerprint density at radius 2 is 1.88 bits per heavy atom. The van der Waals surface area contributed by atoms with E-state index in [9.17, 15) is 9.59 Å². The van der Waals surface area contributed by atoms with Crippen LogP contribution in [0.5, 0.6) is 0 Å². The zero-order chi connectivity index (χ0) is 18.8. The third-order valence-corrected chi connectivity index (χ3v) is 3.81. The molecule has 0 unspecified atom stereocenters. The molecule has 1 heterocycles. The van der Waals surface area contributed by atoms with E-state index >= 15 is 0 Å². The molecular weight excluding hydrogens is 336 g/mol. The quantitative estimate of drug-likeness (QED) is 0.473. The zero-order valence-electron chi connectivity index (χ0n) is 14.9. The van der Waals surface area contributed by atoms with E-state index in [0.29, 0.717) is 24.5 Å². The van der Waals surface area contributed by atoms with E-state index in [1.165, 1.54) is 7.11 Å². The molecule has 0 radical (unpaired) electrons. The summed E-state index contributed by atoms with van der Waals surface area (Å²) in [5, 5.41) is 15.2. The number of carbonyl (C=O) groups is 2. The monoisotopic (exact) mass is 360 g/mol. The third-order valence-electron chi connectivity index (χ3n) is 3.81. The van der Waals surface area contributed by atoms with Gasteiger partial charge in [-0.25, -0.2) is 4.79 Å². The number of benzene rings is 1. The lowest BCUT2D eigenvalue weighted by atomic mass is 10.1. The van der Waals surface area contributed by atoms with Crippen LogP contribution >= 0.6 is 0 Å². The van der Waals surface area contributed by atoms with Crippen molar-refractivity contribution in [3.8, 4) is 11.4 Å². The Labute approximate surface area is 151 Å². The molecule has 9 heteroatoms. The van der Waals surface area contributed by atoms with Crippen LogP contribution in [0.3, 0.4) is 0 Å². The maximum absolute atomic E-state index is 11.4. The molecule has 2 rings (SSSR count). The molecule has 140 valence electrons. The standard InChI is InChI=1S/C17H24N6O3/c1-26-17(25)14-8-6-13(7-9-14)16-20-22-23(21-16)11-5-3-2-4-10-19-15(24)12-18/h6-9H,2-5,10-12,18H2,1H3,(H,19,24). The van der Waals surface area contributed by atoms with Crippen LogP contribution in [-0.4, -0.2) is 52.3 Å². The van der Waals surface area contributed by atoms with Crippen molar-refractivity contribution in [2.75, 3.05) is 20.2 Å². The number of hydrogen-bond acceptors (Lipinski definition) is 7. The molecule has 1 amide bonds. The van der Waals surface area contributed by atoms with Crippen LogP contribution in [-0.2, 0) is 16.1 Å². The van der Waals surface area contributed by atoms with Crippen molar-refractivity contribution in [3.63, 3.8) is 0 Å². The minimum atomic E-state index is -0.379. The van der Waals surface area contributed by atoms with Gasteiger partial charge in [-0.2, -0.15) is 4.80 Å². The Hall–Kier alpha value is -2.81. The molecule has 1 aromatic carbocycles. The van der Waals surface area contributed by atoms with E-state index in [1.807, 2.05) is 0 Å². The van der Waals surface area contributed by atoms with E-state index in [2.05, 4.69) is 25.5 Å². The first-order valence-electron chi connectivity index (χ1n) is 8.57. The minimum absolute atomic E-state index is 0.0335. The predicted octanol–water partition coefficient (Wildman–Crippen LogP) is 0.762. The van der Waals surface area contributed by atoms with Crippen molar-refractivity contribution in [1.29, 1.82) is 0 Å². The molecule has 0 aliphatic carbocycles. The minimum Gasteiger partial charge on any atom is -0.465 e. The summed E-state index contributed by atoms with van der Waals surface area (Å²) in [6, 6.07) is 6.88. The largest absolute Gasteiger partial charge is 0.465 e. The van der Waals surface area contributed by atoms with Gasteiger partial charge in [0, 0.05) is 12.1 Å². The van der Waals surface area contributed by atoms with Crippen LogP contribution in [0.1, 0.15) is 36.0 Å². The van der Waals surface area contributed by atoms with E-state index in [1.54, 1.807) is 29.1 Å². The molecule has 0 saturated carbocycles. The highest BCUT2D eigenvalue weighted by Gasteiger charge is 2.09. The van der Waals surface area contributed by atoms with Gasteiger partial charge in [0.15, 0.2) is 0 Å². The van der Waals surface area contributed by atoms with Crippen LogP contribution in [0.15, 0.2) is 24.3 Å². The fourth-order valence-corrected chi connectivity index (χ4v) is 2.36. The number of amides is 1. The summed E-state index contributed by atoms with van der Waals surface area (Å²) in [6.07, 6.45) is 3.89. The number of nitrogens with zero attached hydrogens (tertiary/aromatic N) is 4. The number of nitrogens with two attached hydrogens (primary N) is 1. The van der Waals surface area contributed by atoms with Gasteiger partial charge in [0.25, 0.3) is 0 Å². The van der Waals surface area contributed by atoms with Crippen LogP contribution < -0.4 is 11.1 Å². The highest BCUT2D eigenvalue weighted by Crippen LogP contribution is 2.15. The number of hydrogen-bond donors (Lipinski definition) is 2. The number of methoxy groups -OCH3 is 1. The van der Waals surface area contributed by atoms with E-state index in [-0.39, 0.29) is 18.4 Å². The summed E-state index contributed by atoms with van der Waals surface area (Å²) in [7, 11) is 1.35. The smallest absolute Gasteiger partial charge is 0.337 e. The number of tetrazole rings is 1. The Morgan fingerprint density at radius 3 is 2.58 bits per heavy atom. The third kappa shape index (κ3) is 5.92. The summed E-state index contributed by atoms with van der Waals surface area (Å²) in [6.45, 7) is 1.37.